The van der Waals surface area contributed by atoms with Crippen molar-refractivity contribution in [2.45, 2.75) is 18.9 Å². The van der Waals surface area contributed by atoms with Gasteiger partial charge in [-0.15, -0.1) is 11.3 Å². The summed E-state index contributed by atoms with van der Waals surface area (Å²) in [6.45, 7) is 0.938. The fourth-order valence-corrected chi connectivity index (χ4v) is 4.48. The Balaban J connectivity index is 1.30. The van der Waals surface area contributed by atoms with Crippen molar-refractivity contribution in [2.75, 3.05) is 18.5 Å². The Morgan fingerprint density at radius 2 is 1.91 bits per heavy atom. The summed E-state index contributed by atoms with van der Waals surface area (Å²) in [7, 11) is 0. The van der Waals surface area contributed by atoms with Gasteiger partial charge in [-0.3, -0.25) is 19.3 Å². The van der Waals surface area contributed by atoms with Gasteiger partial charge in [-0.1, -0.05) is 12.1 Å². The van der Waals surface area contributed by atoms with Crippen molar-refractivity contribution in [1.82, 2.24) is 4.90 Å². The number of nitrogens with zero attached hydrogens (tertiary/aromatic N) is 1. The van der Waals surface area contributed by atoms with Gasteiger partial charge in [0.1, 0.15) is 11.5 Å². The number of amides is 3. The fourth-order valence-electron chi connectivity index (χ4n) is 3.86. The monoisotopic (exact) mass is 448 g/mol. The maximum Gasteiger partial charge on any atom is 0.265 e. The van der Waals surface area contributed by atoms with Gasteiger partial charge in [0.25, 0.3) is 17.7 Å². The van der Waals surface area contributed by atoms with Crippen molar-refractivity contribution in [3.05, 3.63) is 76.0 Å². The van der Waals surface area contributed by atoms with Crippen molar-refractivity contribution in [1.29, 1.82) is 0 Å². The minimum atomic E-state index is -0.331. The minimum absolute atomic E-state index is 0.0972. The van der Waals surface area contributed by atoms with Gasteiger partial charge >= 0.3 is 0 Å². The van der Waals surface area contributed by atoms with Crippen LogP contribution in [0.3, 0.4) is 0 Å². The largest absolute Gasteiger partial charge is 0.457 e. The molecule has 3 heterocycles. The molecule has 1 fully saturated rings. The number of imide groups is 1. The number of nitrogens with one attached hydrogen (secondary N) is 1. The Kier molecular flexibility index (Phi) is 5.46. The molecule has 2 aliphatic rings. The summed E-state index contributed by atoms with van der Waals surface area (Å²) in [5.74, 6) is 0.117. The predicted molar refractivity (Wildman–Crippen MR) is 120 cm³/mol. The van der Waals surface area contributed by atoms with Crippen LogP contribution in [0.4, 0.5) is 5.69 Å². The van der Waals surface area contributed by atoms with Crippen molar-refractivity contribution >= 4 is 34.7 Å². The lowest BCUT2D eigenvalue weighted by Gasteiger charge is -2.17. The molecule has 3 aromatic rings. The minimum Gasteiger partial charge on any atom is -0.457 e. The van der Waals surface area contributed by atoms with Gasteiger partial charge in [0.15, 0.2) is 0 Å². The highest BCUT2D eigenvalue weighted by atomic mass is 32.1. The quantitative estimate of drug-likeness (QED) is 0.559. The fraction of sp³-hybridized carbons (Fsp3) is 0.208. The Morgan fingerprint density at radius 3 is 2.69 bits per heavy atom. The first-order valence-corrected chi connectivity index (χ1v) is 11.2. The van der Waals surface area contributed by atoms with Crippen LogP contribution in [0.15, 0.2) is 60.0 Å². The molecule has 1 saturated heterocycles. The van der Waals surface area contributed by atoms with E-state index in [2.05, 4.69) is 5.32 Å². The van der Waals surface area contributed by atoms with E-state index < -0.39 is 0 Å². The molecule has 1 unspecified atom stereocenters. The van der Waals surface area contributed by atoms with Gasteiger partial charge in [-0.25, -0.2) is 0 Å². The van der Waals surface area contributed by atoms with Gasteiger partial charge in [-0.05, 0) is 54.6 Å². The van der Waals surface area contributed by atoms with Crippen molar-refractivity contribution in [2.24, 2.45) is 0 Å². The second kappa shape index (κ2) is 8.57. The lowest BCUT2D eigenvalue weighted by Crippen LogP contribution is -2.36. The number of ether oxygens (including phenoxy) is 2. The molecule has 0 spiro atoms. The van der Waals surface area contributed by atoms with E-state index in [1.807, 2.05) is 11.4 Å². The lowest BCUT2D eigenvalue weighted by molar-refractivity contribution is 0.0475. The standard InChI is InChI=1S/C24H20N2O5S/c27-22(21-7-3-11-32-21)25-15-4-1-5-16(12-15)31-17-8-9-19-20(13-17)24(29)26(23(19)28)14-18-6-2-10-30-18/h1,3-5,7-9,11-13,18H,2,6,10,14H2,(H,25,27). The lowest BCUT2D eigenvalue weighted by atomic mass is 10.1. The topological polar surface area (TPSA) is 84.9 Å². The average molecular weight is 449 g/mol. The molecule has 5 rings (SSSR count). The summed E-state index contributed by atoms with van der Waals surface area (Å²) >= 11 is 1.36. The number of anilines is 1. The maximum absolute atomic E-state index is 12.8. The second-order valence-electron chi connectivity index (χ2n) is 7.62. The first kappa shape index (κ1) is 20.4. The second-order valence-corrected chi connectivity index (χ2v) is 8.57. The molecule has 1 aromatic heterocycles. The summed E-state index contributed by atoms with van der Waals surface area (Å²) in [6, 6.07) is 15.4. The number of carbonyl (C=O) groups excluding carboxylic acids is 3. The summed E-state index contributed by atoms with van der Waals surface area (Å²) in [4.78, 5) is 39.7. The summed E-state index contributed by atoms with van der Waals surface area (Å²) in [6.07, 6.45) is 1.69. The van der Waals surface area contributed by atoms with Crippen LogP contribution >= 0.6 is 11.3 Å². The van der Waals surface area contributed by atoms with Crippen LogP contribution in [-0.2, 0) is 4.74 Å². The average Bonchev–Trinajstić information content (AvgIpc) is 3.54. The van der Waals surface area contributed by atoms with E-state index in [0.717, 1.165) is 12.8 Å². The smallest absolute Gasteiger partial charge is 0.265 e. The van der Waals surface area contributed by atoms with E-state index in [4.69, 9.17) is 9.47 Å². The van der Waals surface area contributed by atoms with E-state index in [-0.39, 0.29) is 30.4 Å². The number of rotatable bonds is 6. The third kappa shape index (κ3) is 4.02. The molecule has 8 heteroatoms. The van der Waals surface area contributed by atoms with Crippen LogP contribution in [0.5, 0.6) is 11.5 Å². The zero-order chi connectivity index (χ0) is 22.1. The molecule has 3 amide bonds. The van der Waals surface area contributed by atoms with Crippen LogP contribution in [0.1, 0.15) is 43.2 Å². The molecule has 32 heavy (non-hydrogen) atoms. The van der Waals surface area contributed by atoms with Crippen LogP contribution in [-0.4, -0.2) is 41.9 Å². The van der Waals surface area contributed by atoms with Gasteiger partial charge < -0.3 is 14.8 Å². The molecule has 2 aliphatic heterocycles. The first-order chi connectivity index (χ1) is 15.6. The molecule has 7 nitrogen and oxygen atoms in total. The van der Waals surface area contributed by atoms with Crippen LogP contribution < -0.4 is 10.1 Å². The van der Waals surface area contributed by atoms with E-state index in [1.54, 1.807) is 48.5 Å². The third-order valence-corrected chi connectivity index (χ3v) is 6.29. The molecule has 0 bridgehead atoms. The van der Waals surface area contributed by atoms with Gasteiger partial charge in [0, 0.05) is 18.4 Å². The first-order valence-electron chi connectivity index (χ1n) is 10.3. The summed E-state index contributed by atoms with van der Waals surface area (Å²) < 4.78 is 11.5. The Labute approximate surface area is 188 Å². The Morgan fingerprint density at radius 1 is 1.06 bits per heavy atom. The Hall–Kier alpha value is -3.49. The van der Waals surface area contributed by atoms with Crippen LogP contribution in [0, 0.1) is 0 Å². The number of fused-ring (bicyclic) bond motifs is 1. The summed E-state index contributed by atoms with van der Waals surface area (Å²) in [5.41, 5.74) is 1.29. The molecule has 0 saturated carbocycles. The van der Waals surface area contributed by atoms with Gasteiger partial charge in [0.05, 0.1) is 28.7 Å². The SMILES string of the molecule is O=C(Nc1cccc(Oc2ccc3c(c2)C(=O)N(CC2CCCO2)C3=O)c1)c1cccs1. The molecule has 1 N–H and O–H groups in total. The van der Waals surface area contributed by atoms with E-state index in [9.17, 15) is 14.4 Å². The van der Waals surface area contributed by atoms with E-state index in [1.165, 1.54) is 16.2 Å². The maximum atomic E-state index is 12.8. The molecule has 0 radical (unpaired) electrons. The molecule has 0 aliphatic carbocycles. The molecule has 162 valence electrons. The molecule has 1 atom stereocenters. The van der Waals surface area contributed by atoms with Crippen molar-refractivity contribution in [3.8, 4) is 11.5 Å². The van der Waals surface area contributed by atoms with E-state index in [0.29, 0.717) is 39.8 Å². The number of hydrogen-bond donors (Lipinski definition) is 1. The van der Waals surface area contributed by atoms with E-state index >= 15 is 0 Å². The molecular weight excluding hydrogens is 428 g/mol. The van der Waals surface area contributed by atoms with Crippen molar-refractivity contribution < 1.29 is 23.9 Å². The highest BCUT2D eigenvalue weighted by Gasteiger charge is 2.37. The normalized spacial score (nSPS) is 17.5. The number of thiophene rings is 1. The molecular formula is C24H20N2O5S. The highest BCUT2D eigenvalue weighted by Crippen LogP contribution is 2.31. The van der Waals surface area contributed by atoms with Crippen molar-refractivity contribution in [3.63, 3.8) is 0 Å². The zero-order valence-electron chi connectivity index (χ0n) is 17.1. The predicted octanol–water partition coefficient (Wildman–Crippen LogP) is 4.57. The summed E-state index contributed by atoms with van der Waals surface area (Å²) in [5, 5.41) is 4.68. The van der Waals surface area contributed by atoms with Crippen LogP contribution in [0.25, 0.3) is 0 Å². The van der Waals surface area contributed by atoms with Crippen LogP contribution in [0.2, 0.25) is 0 Å². The number of carbonyl (C=O) groups is 3. The third-order valence-electron chi connectivity index (χ3n) is 5.42. The van der Waals surface area contributed by atoms with Gasteiger partial charge in [0.2, 0.25) is 0 Å². The Bertz CT molecular complexity index is 1180. The molecule has 2 aromatic carbocycles. The van der Waals surface area contributed by atoms with Gasteiger partial charge in [-0.2, -0.15) is 0 Å². The number of benzene rings is 2. The highest BCUT2D eigenvalue weighted by molar-refractivity contribution is 7.12. The number of hydrogen-bond acceptors (Lipinski definition) is 6. The zero-order valence-corrected chi connectivity index (χ0v) is 17.9.